The van der Waals surface area contributed by atoms with Crippen LogP contribution in [-0.4, -0.2) is 17.2 Å². The second-order valence-electron chi connectivity index (χ2n) is 18.2. The highest BCUT2D eigenvalue weighted by Crippen LogP contribution is 2.43. The predicted molar refractivity (Wildman–Crippen MR) is 299 cm³/mol. The highest BCUT2D eigenvalue weighted by molar-refractivity contribution is 7.20. The molecule has 13 aromatic rings. The van der Waals surface area contributed by atoms with Crippen LogP contribution >= 0.6 is 0 Å². The smallest absolute Gasteiger partial charge is 0.179 e. The number of benzene rings is 11. The van der Waals surface area contributed by atoms with Crippen LogP contribution < -0.4 is 25.6 Å². The highest BCUT2D eigenvalue weighted by atomic mass is 28.3. The molecule has 0 radical (unpaired) electrons. The maximum Gasteiger partial charge on any atom is 0.179 e. The fraction of sp³-hybridized carbons (Fsp3) is 0. The van der Waals surface area contributed by atoms with E-state index in [1.807, 2.05) is 12.1 Å². The summed E-state index contributed by atoms with van der Waals surface area (Å²) < 4.78 is 18.9. The van der Waals surface area contributed by atoms with Crippen LogP contribution in [0.2, 0.25) is 0 Å². The van der Waals surface area contributed by atoms with Crippen molar-refractivity contribution in [3.8, 4) is 22.5 Å². The molecule has 0 saturated heterocycles. The quantitative estimate of drug-likeness (QED) is 0.0984. The van der Waals surface area contributed by atoms with Crippen molar-refractivity contribution in [1.82, 2.24) is 9.13 Å². The van der Waals surface area contributed by atoms with E-state index in [2.05, 4.69) is 269 Å². The van der Waals surface area contributed by atoms with Gasteiger partial charge in [0.15, 0.2) is 8.07 Å². The summed E-state index contributed by atoms with van der Waals surface area (Å²) in [7, 11) is -2.86. The van der Waals surface area contributed by atoms with Gasteiger partial charge in [-0.25, -0.2) is 4.39 Å². The molecule has 0 atom stereocenters. The third-order valence-corrected chi connectivity index (χ3v) is 19.1. The number of para-hydroxylation sites is 2. The maximum absolute atomic E-state index is 14.3. The van der Waals surface area contributed by atoms with E-state index in [1.165, 1.54) is 49.2 Å². The molecule has 0 N–H and O–H groups in total. The van der Waals surface area contributed by atoms with Crippen LogP contribution in [0.25, 0.3) is 66.1 Å². The third kappa shape index (κ3) is 7.09. The molecule has 3 nitrogen and oxygen atoms in total. The van der Waals surface area contributed by atoms with Crippen molar-refractivity contribution in [2.75, 3.05) is 4.90 Å². The van der Waals surface area contributed by atoms with E-state index in [-0.39, 0.29) is 5.82 Å². The zero-order chi connectivity index (χ0) is 47.3. The van der Waals surface area contributed by atoms with E-state index in [0.717, 1.165) is 66.8 Å². The minimum Gasteiger partial charge on any atom is -0.310 e. The van der Waals surface area contributed by atoms with Gasteiger partial charge in [0.1, 0.15) is 5.82 Å². The number of halogens is 1. The van der Waals surface area contributed by atoms with Crippen LogP contribution in [0.4, 0.5) is 21.5 Å². The van der Waals surface area contributed by atoms with E-state index >= 15 is 0 Å². The first-order chi connectivity index (χ1) is 35.1. The molecule has 0 bridgehead atoms. The van der Waals surface area contributed by atoms with Gasteiger partial charge in [-0.1, -0.05) is 182 Å². The summed E-state index contributed by atoms with van der Waals surface area (Å²) in [5.74, 6) is -0.254. The van der Waals surface area contributed by atoms with Crippen molar-refractivity contribution in [2.24, 2.45) is 0 Å². The number of hydrogen-bond acceptors (Lipinski definition) is 1. The van der Waals surface area contributed by atoms with Crippen molar-refractivity contribution in [3.05, 3.63) is 285 Å². The molecule has 0 aliphatic heterocycles. The Morgan fingerprint density at radius 1 is 0.282 bits per heavy atom. The van der Waals surface area contributed by atoms with E-state index in [9.17, 15) is 4.39 Å². The first kappa shape index (κ1) is 42.1. The molecule has 2 heterocycles. The zero-order valence-electron chi connectivity index (χ0n) is 38.8. The Morgan fingerprint density at radius 3 is 1.23 bits per heavy atom. The summed E-state index contributed by atoms with van der Waals surface area (Å²) in [5.41, 5.74) is 11.9. The Hall–Kier alpha value is -9.03. The third-order valence-electron chi connectivity index (χ3n) is 14.3. The molecule has 13 rings (SSSR count). The number of fused-ring (bicyclic) bond motifs is 6. The first-order valence-corrected chi connectivity index (χ1v) is 26.2. The molecular weight excluding hydrogens is 882 g/mol. The van der Waals surface area contributed by atoms with Gasteiger partial charge in [-0.2, -0.15) is 0 Å². The molecule has 0 amide bonds. The van der Waals surface area contributed by atoms with Crippen molar-refractivity contribution < 1.29 is 4.39 Å². The summed E-state index contributed by atoms with van der Waals surface area (Å²) >= 11 is 0. The monoisotopic (exact) mass is 927 g/mol. The summed E-state index contributed by atoms with van der Waals surface area (Å²) in [6.07, 6.45) is 0. The molecule has 0 aliphatic carbocycles. The number of aromatic nitrogens is 2. The van der Waals surface area contributed by atoms with Gasteiger partial charge in [-0.3, -0.25) is 0 Å². The van der Waals surface area contributed by atoms with E-state index in [1.54, 1.807) is 0 Å². The minimum atomic E-state index is -2.86. The topological polar surface area (TPSA) is 13.1 Å². The molecule has 71 heavy (non-hydrogen) atoms. The molecule has 0 unspecified atom stereocenters. The lowest BCUT2D eigenvalue weighted by atomic mass is 10.0. The number of anilines is 3. The fourth-order valence-electron chi connectivity index (χ4n) is 11.2. The van der Waals surface area contributed by atoms with Crippen LogP contribution in [0, 0.1) is 5.82 Å². The number of hydrogen-bond donors (Lipinski definition) is 0. The van der Waals surface area contributed by atoms with Crippen LogP contribution in [0.3, 0.4) is 0 Å². The lowest BCUT2D eigenvalue weighted by Crippen LogP contribution is -2.74. The molecule has 11 aromatic carbocycles. The van der Waals surface area contributed by atoms with Gasteiger partial charge in [0.2, 0.25) is 0 Å². The predicted octanol–water partition coefficient (Wildman–Crippen LogP) is 14.5. The minimum absolute atomic E-state index is 0.254. The SMILES string of the molecule is Fc1ccc(-n2c3ccccc3c3cc(N(c4ccc(-c5ccccc5)cc4)c4ccc5c(c4)c4cc([Si](c6ccccc6)(c6ccccc6)c6ccccc6)ccc4n5-c4ccccc4)ccc32)cc1. The van der Waals surface area contributed by atoms with Gasteiger partial charge in [0.05, 0.1) is 22.1 Å². The lowest BCUT2D eigenvalue weighted by molar-refractivity contribution is 0.627. The zero-order valence-corrected chi connectivity index (χ0v) is 39.8. The van der Waals surface area contributed by atoms with Crippen LogP contribution in [0.5, 0.6) is 0 Å². The summed E-state index contributed by atoms with van der Waals surface area (Å²) in [4.78, 5) is 2.39. The molecule has 0 saturated carbocycles. The Labute approximate surface area is 413 Å². The standard InChI is InChI=1S/C66H46FN3Si/c67-49-32-36-52(37-33-49)70-63-29-17-16-28-59(63)60-44-53(38-41-64(60)70)68(51-34-30-48(31-35-51)47-18-6-1-7-19-47)54-39-42-65-61(45-54)62-46-58(40-43-66(62)69(65)50-20-8-2-9-21-50)71(55-22-10-3-11-23-55,56-24-12-4-13-25-56)57-26-14-5-15-27-57/h1-46H. The van der Waals surface area contributed by atoms with Crippen molar-refractivity contribution in [2.45, 2.75) is 0 Å². The second kappa shape index (κ2) is 17.5. The molecule has 0 spiro atoms. The van der Waals surface area contributed by atoms with E-state index < -0.39 is 8.07 Å². The Balaban J connectivity index is 1.07. The van der Waals surface area contributed by atoms with Crippen molar-refractivity contribution in [3.63, 3.8) is 0 Å². The summed E-state index contributed by atoms with van der Waals surface area (Å²) in [6, 6.07) is 100.0. The molecule has 0 fully saturated rings. The average molecular weight is 928 g/mol. The molecule has 336 valence electrons. The van der Waals surface area contributed by atoms with Gasteiger partial charge < -0.3 is 14.0 Å². The maximum atomic E-state index is 14.3. The molecule has 0 aliphatic rings. The van der Waals surface area contributed by atoms with E-state index in [4.69, 9.17) is 0 Å². The molecule has 5 heteroatoms. The van der Waals surface area contributed by atoms with E-state index in [0.29, 0.717) is 0 Å². The average Bonchev–Trinajstić information content (AvgIpc) is 3.95. The van der Waals surface area contributed by atoms with Crippen LogP contribution in [0.15, 0.2) is 279 Å². The summed E-state index contributed by atoms with van der Waals surface area (Å²) in [6.45, 7) is 0. The molecule has 2 aromatic heterocycles. The second-order valence-corrected chi connectivity index (χ2v) is 22.0. The van der Waals surface area contributed by atoms with Crippen molar-refractivity contribution in [1.29, 1.82) is 0 Å². The first-order valence-electron chi connectivity index (χ1n) is 24.2. The summed E-state index contributed by atoms with van der Waals surface area (Å²) in [5, 5.41) is 9.94. The normalized spacial score (nSPS) is 11.7. The van der Waals surface area contributed by atoms with Gasteiger partial charge in [0.25, 0.3) is 0 Å². The van der Waals surface area contributed by atoms with Gasteiger partial charge in [-0.05, 0) is 129 Å². The Kier molecular flexibility index (Phi) is 10.4. The Morgan fingerprint density at radius 2 is 0.676 bits per heavy atom. The van der Waals surface area contributed by atoms with Crippen LogP contribution in [0.1, 0.15) is 0 Å². The Bertz CT molecular complexity index is 3930. The van der Waals surface area contributed by atoms with Crippen molar-refractivity contribution >= 4 is 89.5 Å². The van der Waals surface area contributed by atoms with Crippen LogP contribution in [-0.2, 0) is 0 Å². The van der Waals surface area contributed by atoms with Gasteiger partial charge in [0, 0.05) is 50.0 Å². The highest BCUT2D eigenvalue weighted by Gasteiger charge is 2.41. The fourth-order valence-corrected chi connectivity index (χ4v) is 15.9. The number of rotatable bonds is 10. The largest absolute Gasteiger partial charge is 0.310 e. The van der Waals surface area contributed by atoms with Gasteiger partial charge in [-0.15, -0.1) is 0 Å². The van der Waals surface area contributed by atoms with Gasteiger partial charge >= 0.3 is 0 Å². The number of nitrogens with zero attached hydrogens (tertiary/aromatic N) is 3. The molecular formula is C66H46FN3Si. The lowest BCUT2D eigenvalue weighted by Gasteiger charge is -2.34.